The van der Waals surface area contributed by atoms with Crippen LogP contribution in [0, 0.1) is 10.1 Å². The molecular weight excluding hydrogens is 382 g/mol. The van der Waals surface area contributed by atoms with Crippen molar-refractivity contribution in [2.75, 3.05) is 0 Å². The Bertz CT molecular complexity index is 765. The molecule has 0 unspecified atom stereocenters. The topological polar surface area (TPSA) is 60.2 Å². The summed E-state index contributed by atoms with van der Waals surface area (Å²) in [5.41, 5.74) is 2.60. The number of hydrogen-bond acceptors (Lipinski definition) is 3. The fraction of sp³-hybridized carbons (Fsp3) is 0.250. The number of aryl methyl sites for hydroxylation is 1. The number of Topliss-reactive ketones (excluding diaryl/α,β-unsaturated/α-hetero) is 1. The Kier molecular flexibility index (Phi) is 7.07. The molecule has 130 valence electrons. The van der Waals surface area contributed by atoms with Crippen molar-refractivity contribution in [1.82, 2.24) is 0 Å². The average Bonchev–Trinajstić information content (AvgIpc) is 2.62. The molecule has 5 heteroatoms. The molecule has 0 saturated carbocycles. The van der Waals surface area contributed by atoms with Gasteiger partial charge < -0.3 is 0 Å². The molecule has 0 spiro atoms. The molecule has 0 aliphatic carbocycles. The van der Waals surface area contributed by atoms with Crippen LogP contribution >= 0.6 is 15.9 Å². The van der Waals surface area contributed by atoms with Crippen LogP contribution in [0.1, 0.15) is 47.7 Å². The molecule has 0 heterocycles. The van der Waals surface area contributed by atoms with Gasteiger partial charge in [0.1, 0.15) is 0 Å². The van der Waals surface area contributed by atoms with Crippen LogP contribution < -0.4 is 0 Å². The van der Waals surface area contributed by atoms with Crippen molar-refractivity contribution in [2.24, 2.45) is 0 Å². The number of hydrogen-bond donors (Lipinski definition) is 0. The molecule has 2 aromatic carbocycles. The highest BCUT2D eigenvalue weighted by molar-refractivity contribution is 9.12. The third-order valence-electron chi connectivity index (χ3n) is 3.90. The van der Waals surface area contributed by atoms with Crippen LogP contribution in [0.3, 0.4) is 0 Å². The zero-order chi connectivity index (χ0) is 18.2. The number of carbonyl (C=O) groups excluding carboxylic acids is 1. The zero-order valence-corrected chi connectivity index (χ0v) is 15.7. The summed E-state index contributed by atoms with van der Waals surface area (Å²) in [7, 11) is 0. The van der Waals surface area contributed by atoms with Crippen LogP contribution in [-0.2, 0) is 6.42 Å². The second kappa shape index (κ2) is 9.28. The van der Waals surface area contributed by atoms with Gasteiger partial charge in [-0.05, 0) is 58.1 Å². The number of carbonyl (C=O) groups is 1. The standard InChI is InChI=1S/C20H20BrNO3/c1-2-3-4-5-15-6-10-17(11-7-15)20(23)19(21)14-16-8-12-18(13-9-16)22(24)25/h6-14H,2-5H2,1H3/b19-14-. The lowest BCUT2D eigenvalue weighted by atomic mass is 10.0. The van der Waals surface area contributed by atoms with Gasteiger partial charge >= 0.3 is 0 Å². The molecule has 2 aromatic rings. The van der Waals surface area contributed by atoms with E-state index in [1.165, 1.54) is 30.5 Å². The predicted molar refractivity (Wildman–Crippen MR) is 104 cm³/mol. The number of allylic oxidation sites excluding steroid dienone is 1. The molecule has 0 aliphatic rings. The minimum atomic E-state index is -0.449. The maximum atomic E-state index is 12.5. The van der Waals surface area contributed by atoms with E-state index >= 15 is 0 Å². The molecule has 0 aromatic heterocycles. The fourth-order valence-electron chi connectivity index (χ4n) is 2.44. The quantitative estimate of drug-likeness (QED) is 0.180. The summed E-state index contributed by atoms with van der Waals surface area (Å²) in [5, 5.41) is 10.7. The number of non-ortho nitro benzene ring substituents is 1. The number of nitrogens with zero attached hydrogens (tertiary/aromatic N) is 1. The Morgan fingerprint density at radius 3 is 2.28 bits per heavy atom. The van der Waals surface area contributed by atoms with Crippen LogP contribution in [0.25, 0.3) is 6.08 Å². The monoisotopic (exact) mass is 401 g/mol. The minimum Gasteiger partial charge on any atom is -0.288 e. The zero-order valence-electron chi connectivity index (χ0n) is 14.1. The van der Waals surface area contributed by atoms with Gasteiger partial charge in [-0.1, -0.05) is 44.0 Å². The second-order valence-corrected chi connectivity index (χ2v) is 6.68. The van der Waals surface area contributed by atoms with E-state index in [1.807, 2.05) is 24.3 Å². The van der Waals surface area contributed by atoms with Gasteiger partial charge in [0.15, 0.2) is 5.78 Å². The Morgan fingerprint density at radius 2 is 1.72 bits per heavy atom. The third kappa shape index (κ3) is 5.64. The summed E-state index contributed by atoms with van der Waals surface area (Å²) in [6, 6.07) is 13.7. The predicted octanol–water partition coefficient (Wildman–Crippen LogP) is 5.95. The van der Waals surface area contributed by atoms with Crippen molar-refractivity contribution >= 4 is 33.5 Å². The van der Waals surface area contributed by atoms with Gasteiger partial charge in [-0.25, -0.2) is 0 Å². The van der Waals surface area contributed by atoms with E-state index in [2.05, 4.69) is 22.9 Å². The van der Waals surface area contributed by atoms with Gasteiger partial charge in [0.05, 0.1) is 9.41 Å². The molecule has 0 bridgehead atoms. The van der Waals surface area contributed by atoms with Gasteiger partial charge in [-0.15, -0.1) is 0 Å². The van der Waals surface area contributed by atoms with Gasteiger partial charge in [0.25, 0.3) is 5.69 Å². The first-order chi connectivity index (χ1) is 12.0. The second-order valence-electron chi connectivity index (χ2n) is 5.82. The summed E-state index contributed by atoms with van der Waals surface area (Å²) in [5.74, 6) is -0.113. The first-order valence-corrected chi connectivity index (χ1v) is 9.06. The molecule has 0 aliphatic heterocycles. The van der Waals surface area contributed by atoms with E-state index in [0.29, 0.717) is 10.0 Å². The van der Waals surface area contributed by atoms with Gasteiger partial charge in [-0.3, -0.25) is 14.9 Å². The number of rotatable bonds is 8. The van der Waals surface area contributed by atoms with E-state index in [-0.39, 0.29) is 11.5 Å². The van der Waals surface area contributed by atoms with E-state index < -0.39 is 4.92 Å². The third-order valence-corrected chi connectivity index (χ3v) is 4.49. The summed E-state index contributed by atoms with van der Waals surface area (Å²) in [6.07, 6.45) is 6.26. The molecule has 0 radical (unpaired) electrons. The summed E-state index contributed by atoms with van der Waals surface area (Å²) >= 11 is 3.31. The summed E-state index contributed by atoms with van der Waals surface area (Å²) < 4.78 is 0.417. The SMILES string of the molecule is CCCCCc1ccc(C(=O)/C(Br)=C/c2ccc([N+](=O)[O-])cc2)cc1. The fourth-order valence-corrected chi connectivity index (χ4v) is 2.94. The van der Waals surface area contributed by atoms with Gasteiger partial charge in [0.2, 0.25) is 0 Å². The first-order valence-electron chi connectivity index (χ1n) is 8.26. The van der Waals surface area contributed by atoms with E-state index in [0.717, 1.165) is 18.4 Å². The molecule has 0 saturated heterocycles. The molecule has 0 fully saturated rings. The Morgan fingerprint density at radius 1 is 1.08 bits per heavy atom. The van der Waals surface area contributed by atoms with Crippen LogP contribution in [0.15, 0.2) is 53.0 Å². The number of ketones is 1. The lowest BCUT2D eigenvalue weighted by molar-refractivity contribution is -0.384. The molecule has 0 amide bonds. The van der Waals surface area contributed by atoms with Crippen molar-refractivity contribution in [3.8, 4) is 0 Å². The molecule has 4 nitrogen and oxygen atoms in total. The number of unbranched alkanes of at least 4 members (excludes halogenated alkanes) is 2. The lowest BCUT2D eigenvalue weighted by Gasteiger charge is -2.04. The van der Waals surface area contributed by atoms with Crippen LogP contribution in [-0.4, -0.2) is 10.7 Å². The van der Waals surface area contributed by atoms with Crippen LogP contribution in [0.4, 0.5) is 5.69 Å². The minimum absolute atomic E-state index is 0.0262. The molecule has 0 N–H and O–H groups in total. The highest BCUT2D eigenvalue weighted by Crippen LogP contribution is 2.20. The molecule has 25 heavy (non-hydrogen) atoms. The maximum Gasteiger partial charge on any atom is 0.269 e. The van der Waals surface area contributed by atoms with Crippen LogP contribution in [0.5, 0.6) is 0 Å². The van der Waals surface area contributed by atoms with Gasteiger partial charge in [-0.2, -0.15) is 0 Å². The molecule has 2 rings (SSSR count). The maximum absolute atomic E-state index is 12.5. The highest BCUT2D eigenvalue weighted by atomic mass is 79.9. The van der Waals surface area contributed by atoms with E-state index in [1.54, 1.807) is 18.2 Å². The van der Waals surface area contributed by atoms with Gasteiger partial charge in [0, 0.05) is 17.7 Å². The summed E-state index contributed by atoms with van der Waals surface area (Å²) in [4.78, 5) is 22.7. The normalized spacial score (nSPS) is 11.4. The Balaban J connectivity index is 2.06. The number of nitro benzene ring substituents is 1. The Labute approximate surface area is 155 Å². The largest absolute Gasteiger partial charge is 0.288 e. The smallest absolute Gasteiger partial charge is 0.269 e. The molecule has 0 atom stereocenters. The highest BCUT2D eigenvalue weighted by Gasteiger charge is 2.10. The lowest BCUT2D eigenvalue weighted by Crippen LogP contribution is -1.99. The van der Waals surface area contributed by atoms with E-state index in [9.17, 15) is 14.9 Å². The first kappa shape index (κ1) is 19.1. The van der Waals surface area contributed by atoms with Crippen molar-refractivity contribution in [3.63, 3.8) is 0 Å². The number of benzene rings is 2. The number of nitro groups is 1. The molecular formula is C20H20BrNO3. The van der Waals surface area contributed by atoms with E-state index in [4.69, 9.17) is 0 Å². The van der Waals surface area contributed by atoms with Crippen LogP contribution in [0.2, 0.25) is 0 Å². The Hall–Kier alpha value is -2.27. The average molecular weight is 402 g/mol. The summed E-state index contributed by atoms with van der Waals surface area (Å²) in [6.45, 7) is 2.18. The van der Waals surface area contributed by atoms with Crippen molar-refractivity contribution < 1.29 is 9.72 Å². The number of halogens is 1. The van der Waals surface area contributed by atoms with Crippen molar-refractivity contribution in [3.05, 3.63) is 79.8 Å². The van der Waals surface area contributed by atoms with Crippen molar-refractivity contribution in [2.45, 2.75) is 32.6 Å². The van der Waals surface area contributed by atoms with Crippen molar-refractivity contribution in [1.29, 1.82) is 0 Å².